The summed E-state index contributed by atoms with van der Waals surface area (Å²) < 4.78 is 39.2. The van der Waals surface area contributed by atoms with Crippen LogP contribution in [0.15, 0.2) is 43.0 Å². The zero-order chi connectivity index (χ0) is 24.1. The Morgan fingerprint density at radius 3 is 2.79 bits per heavy atom. The van der Waals surface area contributed by atoms with Gasteiger partial charge in [-0.2, -0.15) is 0 Å². The first-order valence-corrected chi connectivity index (χ1v) is 13.1. The maximum Gasteiger partial charge on any atom is 0.342 e. The highest BCUT2D eigenvalue weighted by Crippen LogP contribution is 2.44. The lowest BCUT2D eigenvalue weighted by molar-refractivity contribution is -0.0738. The lowest BCUT2D eigenvalue weighted by atomic mass is 10.3. The van der Waals surface area contributed by atoms with Crippen molar-refractivity contribution in [1.82, 2.24) is 24.6 Å². The Hall–Kier alpha value is -2.56. The fourth-order valence-corrected chi connectivity index (χ4v) is 5.48. The van der Waals surface area contributed by atoms with Crippen LogP contribution in [0, 0.1) is 0 Å². The van der Waals surface area contributed by atoms with Crippen LogP contribution in [0.5, 0.6) is 5.75 Å². The quantitative estimate of drug-likeness (QED) is 0.386. The summed E-state index contributed by atoms with van der Waals surface area (Å²) in [7, 11) is -3.48. The van der Waals surface area contributed by atoms with E-state index in [0.29, 0.717) is 35.9 Å². The average molecular weight is 491 g/mol. The van der Waals surface area contributed by atoms with Gasteiger partial charge in [0, 0.05) is 0 Å². The van der Waals surface area contributed by atoms with Crippen LogP contribution in [0.2, 0.25) is 0 Å². The van der Waals surface area contributed by atoms with Crippen molar-refractivity contribution in [2.45, 2.75) is 58.3 Å². The number of imidazole rings is 1. The summed E-state index contributed by atoms with van der Waals surface area (Å²) in [5, 5.41) is 3.08. The van der Waals surface area contributed by atoms with E-state index in [2.05, 4.69) is 20.0 Å². The van der Waals surface area contributed by atoms with Crippen LogP contribution in [-0.4, -0.2) is 57.0 Å². The number of hydrogen-bond acceptors (Lipinski definition) is 9. The predicted octanol–water partition coefficient (Wildman–Crippen LogP) is 3.17. The minimum absolute atomic E-state index is 0.0304. The van der Waals surface area contributed by atoms with E-state index in [1.54, 1.807) is 18.5 Å². The van der Waals surface area contributed by atoms with Crippen LogP contribution in [0.4, 0.5) is 5.82 Å². The second-order valence-electron chi connectivity index (χ2n) is 8.30. The zero-order valence-corrected chi connectivity index (χ0v) is 20.4. The molecule has 3 N–H and O–H groups in total. The summed E-state index contributed by atoms with van der Waals surface area (Å²) in [6, 6.07) is 8.63. The molecule has 34 heavy (non-hydrogen) atoms. The topological polar surface area (TPSA) is 136 Å². The molecule has 184 valence electrons. The molecule has 3 heterocycles. The van der Waals surface area contributed by atoms with Crippen LogP contribution in [0.3, 0.4) is 0 Å². The van der Waals surface area contributed by atoms with E-state index in [1.165, 1.54) is 6.33 Å². The van der Waals surface area contributed by atoms with Crippen molar-refractivity contribution < 1.29 is 23.3 Å². The molecule has 1 saturated heterocycles. The number of benzene rings is 1. The van der Waals surface area contributed by atoms with E-state index in [1.807, 2.05) is 43.5 Å². The molecule has 2 unspecified atom stereocenters. The van der Waals surface area contributed by atoms with E-state index in [-0.39, 0.29) is 24.6 Å². The Morgan fingerprint density at radius 2 is 2.06 bits per heavy atom. The number of nitrogen functional groups attached to an aromatic ring is 1. The molecule has 0 radical (unpaired) electrons. The van der Waals surface area contributed by atoms with Gasteiger partial charge in [0.05, 0.1) is 37.7 Å². The number of hydrogen-bond donors (Lipinski definition) is 2. The van der Waals surface area contributed by atoms with Crippen molar-refractivity contribution in [2.75, 3.05) is 18.7 Å². The zero-order valence-electron chi connectivity index (χ0n) is 19.5. The molecule has 0 bridgehead atoms. The van der Waals surface area contributed by atoms with Crippen molar-refractivity contribution >= 4 is 24.5 Å². The second kappa shape index (κ2) is 10.8. The smallest absolute Gasteiger partial charge is 0.342 e. The molecule has 0 spiro atoms. The Kier molecular flexibility index (Phi) is 7.80. The molecule has 1 aliphatic heterocycles. The van der Waals surface area contributed by atoms with E-state index in [0.717, 1.165) is 6.42 Å². The normalized spacial score (nSPS) is 21.9. The van der Waals surface area contributed by atoms with Gasteiger partial charge < -0.3 is 29.0 Å². The summed E-state index contributed by atoms with van der Waals surface area (Å²) in [4.78, 5) is 12.5. The third-order valence-electron chi connectivity index (χ3n) is 5.45. The molecule has 1 aromatic carbocycles. The highest BCUT2D eigenvalue weighted by atomic mass is 31.2. The maximum absolute atomic E-state index is 13.8. The monoisotopic (exact) mass is 490 g/mol. The summed E-state index contributed by atoms with van der Waals surface area (Å²) >= 11 is 0. The van der Waals surface area contributed by atoms with Crippen LogP contribution >= 0.6 is 7.52 Å². The number of anilines is 1. The van der Waals surface area contributed by atoms with Gasteiger partial charge in [-0.1, -0.05) is 25.1 Å². The van der Waals surface area contributed by atoms with Gasteiger partial charge in [0.25, 0.3) is 0 Å². The number of para-hydroxylation sites is 1. The number of nitrogens with one attached hydrogen (secondary N) is 1. The van der Waals surface area contributed by atoms with Crippen molar-refractivity contribution in [3.63, 3.8) is 0 Å². The largest absolute Gasteiger partial charge is 0.431 e. The maximum atomic E-state index is 13.8. The summed E-state index contributed by atoms with van der Waals surface area (Å²) in [5.74, 6) is 0.798. The van der Waals surface area contributed by atoms with Crippen molar-refractivity contribution in [3.8, 4) is 5.75 Å². The highest BCUT2D eigenvalue weighted by Gasteiger charge is 2.36. The van der Waals surface area contributed by atoms with Crippen LogP contribution < -0.4 is 15.3 Å². The molecular weight excluding hydrogens is 459 g/mol. The van der Waals surface area contributed by atoms with Gasteiger partial charge >= 0.3 is 7.52 Å². The fourth-order valence-electron chi connectivity index (χ4n) is 3.65. The Labute approximate surface area is 198 Å². The van der Waals surface area contributed by atoms with E-state index in [9.17, 15) is 4.57 Å². The third kappa shape index (κ3) is 5.92. The first-order valence-electron chi connectivity index (χ1n) is 11.3. The third-order valence-corrected chi connectivity index (χ3v) is 7.24. The summed E-state index contributed by atoms with van der Waals surface area (Å²) in [6.45, 7) is 6.71. The molecule has 0 amide bonds. The number of rotatable bonds is 11. The average Bonchev–Trinajstić information content (AvgIpc) is 3.47. The molecule has 11 nitrogen and oxygen atoms in total. The second-order valence-corrected chi connectivity index (χ2v) is 10.3. The van der Waals surface area contributed by atoms with Crippen LogP contribution in [0.25, 0.3) is 11.2 Å². The van der Waals surface area contributed by atoms with Gasteiger partial charge in [-0.25, -0.2) is 20.0 Å². The molecule has 12 heteroatoms. The van der Waals surface area contributed by atoms with Gasteiger partial charge in [0.15, 0.2) is 17.8 Å². The first-order chi connectivity index (χ1) is 16.4. The minimum Gasteiger partial charge on any atom is -0.431 e. The SMILES string of the molecule is CC[C@H]1COC([C@H](C)NP(=O)(CO[C@H](C)Cn2cnc3c(N)ncnc32)Oc2ccccc2)O1. The van der Waals surface area contributed by atoms with Crippen LogP contribution in [-0.2, 0) is 25.3 Å². The van der Waals surface area contributed by atoms with Gasteiger partial charge in [-0.3, -0.25) is 4.57 Å². The fraction of sp³-hybridized carbons (Fsp3) is 0.500. The molecule has 3 aromatic rings. The van der Waals surface area contributed by atoms with Gasteiger partial charge in [-0.15, -0.1) is 0 Å². The Morgan fingerprint density at radius 1 is 1.26 bits per heavy atom. The molecule has 5 atom stereocenters. The number of ether oxygens (including phenoxy) is 3. The predicted molar refractivity (Wildman–Crippen MR) is 127 cm³/mol. The summed E-state index contributed by atoms with van der Waals surface area (Å²) in [6.07, 6.45) is 2.92. The standard InChI is InChI=1S/C22H31N6O5P/c1-4-17-11-30-22(32-17)16(3)27-34(29,33-18-8-6-5-7-9-18)14-31-15(2)10-28-13-26-19-20(23)24-12-25-21(19)28/h5-9,12-13,15-17,22H,4,10-11,14H2,1-3H3,(H,27,29)(H2,23,24,25)/t15-,16+,17+,22?,34?/m1/s1. The minimum atomic E-state index is -3.48. The molecular formula is C22H31N6O5P. The first kappa shape index (κ1) is 24.6. The van der Waals surface area contributed by atoms with Gasteiger partial charge in [0.2, 0.25) is 0 Å². The van der Waals surface area contributed by atoms with Crippen molar-refractivity contribution in [2.24, 2.45) is 0 Å². The number of nitrogens with two attached hydrogens (primary N) is 1. The highest BCUT2D eigenvalue weighted by molar-refractivity contribution is 7.57. The molecule has 1 aliphatic rings. The molecule has 0 aliphatic carbocycles. The van der Waals surface area contributed by atoms with E-state index < -0.39 is 13.8 Å². The van der Waals surface area contributed by atoms with Gasteiger partial charge in [0.1, 0.15) is 23.9 Å². The number of aromatic nitrogens is 4. The van der Waals surface area contributed by atoms with E-state index in [4.69, 9.17) is 24.5 Å². The summed E-state index contributed by atoms with van der Waals surface area (Å²) in [5.41, 5.74) is 7.01. The molecule has 2 aromatic heterocycles. The lowest BCUT2D eigenvalue weighted by Crippen LogP contribution is -2.38. The van der Waals surface area contributed by atoms with Gasteiger partial charge in [-0.05, 0) is 32.4 Å². The van der Waals surface area contributed by atoms with Crippen molar-refractivity contribution in [1.29, 1.82) is 0 Å². The molecule has 0 saturated carbocycles. The molecule has 1 fully saturated rings. The lowest BCUT2D eigenvalue weighted by Gasteiger charge is -2.27. The Bertz CT molecular complexity index is 1130. The number of nitrogens with zero attached hydrogens (tertiary/aromatic N) is 4. The van der Waals surface area contributed by atoms with E-state index >= 15 is 0 Å². The van der Waals surface area contributed by atoms with Crippen LogP contribution in [0.1, 0.15) is 27.2 Å². The number of fused-ring (bicyclic) bond motifs is 1. The molecule has 4 rings (SSSR count). The van der Waals surface area contributed by atoms with Crippen molar-refractivity contribution in [3.05, 3.63) is 43.0 Å². The Balaban J connectivity index is 1.43.